The van der Waals surface area contributed by atoms with Gasteiger partial charge in [0.2, 0.25) is 0 Å². The summed E-state index contributed by atoms with van der Waals surface area (Å²) in [4.78, 5) is 3.75. The zero-order chi connectivity index (χ0) is 18.9. The van der Waals surface area contributed by atoms with E-state index in [0.717, 1.165) is 19.6 Å². The number of aromatic amines is 1. The standard InChI is InChI=1S/C25H28N2O/c1-17(18-6-3-2-4-7-18)26-24-9-5-8-21-22-16-20(19-12-14-28-15-13-19)10-11-23(22)27-25(21)24/h2-4,6-7,10-12,16-17,24,26-27H,5,8-9,13-15H2,1H3. The Labute approximate surface area is 166 Å². The van der Waals surface area contributed by atoms with Crippen molar-refractivity contribution in [2.24, 2.45) is 0 Å². The minimum atomic E-state index is 0.339. The van der Waals surface area contributed by atoms with E-state index < -0.39 is 0 Å². The Morgan fingerprint density at radius 2 is 2.00 bits per heavy atom. The number of rotatable bonds is 4. The second kappa shape index (κ2) is 7.57. The highest BCUT2D eigenvalue weighted by Crippen LogP contribution is 2.37. The van der Waals surface area contributed by atoms with Crippen LogP contribution in [0.2, 0.25) is 0 Å². The average molecular weight is 373 g/mol. The second-order valence-electron chi connectivity index (χ2n) is 8.08. The highest BCUT2D eigenvalue weighted by atomic mass is 16.5. The molecular weight excluding hydrogens is 344 g/mol. The monoisotopic (exact) mass is 372 g/mol. The molecule has 28 heavy (non-hydrogen) atoms. The maximum atomic E-state index is 5.48. The van der Waals surface area contributed by atoms with E-state index in [9.17, 15) is 0 Å². The molecule has 144 valence electrons. The highest BCUT2D eigenvalue weighted by Gasteiger charge is 2.26. The first-order valence-electron chi connectivity index (χ1n) is 10.5. The first-order valence-corrected chi connectivity index (χ1v) is 10.5. The second-order valence-corrected chi connectivity index (χ2v) is 8.08. The molecule has 5 rings (SSSR count). The van der Waals surface area contributed by atoms with Gasteiger partial charge in [0.1, 0.15) is 0 Å². The summed E-state index contributed by atoms with van der Waals surface area (Å²) in [5.74, 6) is 0. The quantitative estimate of drug-likeness (QED) is 0.616. The Morgan fingerprint density at radius 3 is 2.82 bits per heavy atom. The molecule has 3 nitrogen and oxygen atoms in total. The lowest BCUT2D eigenvalue weighted by molar-refractivity contribution is 0.161. The van der Waals surface area contributed by atoms with Crippen molar-refractivity contribution in [2.45, 2.75) is 44.7 Å². The molecule has 1 aliphatic heterocycles. The summed E-state index contributed by atoms with van der Waals surface area (Å²) in [6.45, 7) is 3.84. The minimum absolute atomic E-state index is 0.339. The maximum Gasteiger partial charge on any atom is 0.0653 e. The van der Waals surface area contributed by atoms with Crippen molar-refractivity contribution in [2.75, 3.05) is 13.2 Å². The normalized spacial score (nSPS) is 20.6. The molecule has 2 atom stereocenters. The number of hydrogen-bond donors (Lipinski definition) is 2. The fraction of sp³-hybridized carbons (Fsp3) is 0.360. The van der Waals surface area contributed by atoms with Crippen LogP contribution in [0.25, 0.3) is 16.5 Å². The van der Waals surface area contributed by atoms with Crippen LogP contribution in [0.1, 0.15) is 60.7 Å². The van der Waals surface area contributed by atoms with E-state index in [1.807, 2.05) is 0 Å². The summed E-state index contributed by atoms with van der Waals surface area (Å²) in [7, 11) is 0. The molecule has 0 saturated carbocycles. The number of ether oxygens (including phenoxy) is 1. The molecule has 2 aliphatic rings. The van der Waals surface area contributed by atoms with Gasteiger partial charge in [-0.25, -0.2) is 0 Å². The Bertz CT molecular complexity index is 1000. The maximum absolute atomic E-state index is 5.48. The molecule has 2 heterocycles. The Morgan fingerprint density at radius 1 is 1.11 bits per heavy atom. The SMILES string of the molecule is CC(NC1CCCc2c1[nH]c1ccc(C3=CCOCC3)cc21)c1ccccc1. The van der Waals surface area contributed by atoms with Gasteiger partial charge in [-0.1, -0.05) is 42.5 Å². The molecule has 3 heteroatoms. The van der Waals surface area contributed by atoms with Crippen LogP contribution >= 0.6 is 0 Å². The fourth-order valence-corrected chi connectivity index (χ4v) is 4.76. The van der Waals surface area contributed by atoms with Crippen molar-refractivity contribution in [3.8, 4) is 0 Å². The molecule has 0 amide bonds. The summed E-state index contributed by atoms with van der Waals surface area (Å²) < 4.78 is 5.48. The average Bonchev–Trinajstić information content (AvgIpc) is 3.14. The van der Waals surface area contributed by atoms with Gasteiger partial charge in [-0.3, -0.25) is 0 Å². The Kier molecular flexibility index (Phi) is 4.79. The van der Waals surface area contributed by atoms with Crippen LogP contribution in [0.5, 0.6) is 0 Å². The van der Waals surface area contributed by atoms with Crippen LogP contribution in [-0.2, 0) is 11.2 Å². The summed E-state index contributed by atoms with van der Waals surface area (Å²) in [5.41, 5.74) is 8.29. The predicted octanol–water partition coefficient (Wildman–Crippen LogP) is 5.70. The van der Waals surface area contributed by atoms with E-state index in [1.54, 1.807) is 0 Å². The summed E-state index contributed by atoms with van der Waals surface area (Å²) in [5, 5.41) is 5.27. The van der Waals surface area contributed by atoms with Gasteiger partial charge in [-0.15, -0.1) is 0 Å². The zero-order valence-electron chi connectivity index (χ0n) is 16.5. The van der Waals surface area contributed by atoms with E-state index in [4.69, 9.17) is 4.74 Å². The fourth-order valence-electron chi connectivity index (χ4n) is 4.76. The number of aryl methyl sites for hydroxylation is 1. The minimum Gasteiger partial charge on any atom is -0.377 e. The van der Waals surface area contributed by atoms with Crippen molar-refractivity contribution in [1.82, 2.24) is 10.3 Å². The first kappa shape index (κ1) is 17.7. The van der Waals surface area contributed by atoms with Crippen molar-refractivity contribution < 1.29 is 4.74 Å². The third-order valence-corrected chi connectivity index (χ3v) is 6.29. The molecule has 2 unspecified atom stereocenters. The van der Waals surface area contributed by atoms with Crippen LogP contribution in [0, 0.1) is 0 Å². The molecule has 2 aromatic carbocycles. The zero-order valence-corrected chi connectivity index (χ0v) is 16.5. The topological polar surface area (TPSA) is 37.0 Å². The molecule has 1 aliphatic carbocycles. The van der Waals surface area contributed by atoms with Crippen molar-refractivity contribution >= 4 is 16.5 Å². The van der Waals surface area contributed by atoms with Crippen molar-refractivity contribution in [3.63, 3.8) is 0 Å². The molecule has 0 radical (unpaired) electrons. The van der Waals surface area contributed by atoms with Crippen LogP contribution in [-0.4, -0.2) is 18.2 Å². The Balaban J connectivity index is 1.47. The van der Waals surface area contributed by atoms with Gasteiger partial charge in [0.05, 0.1) is 13.2 Å². The van der Waals surface area contributed by atoms with Gasteiger partial charge in [-0.05, 0) is 67.0 Å². The molecule has 0 fully saturated rings. The number of hydrogen-bond acceptors (Lipinski definition) is 2. The summed E-state index contributed by atoms with van der Waals surface area (Å²) in [6.07, 6.45) is 6.83. The largest absolute Gasteiger partial charge is 0.377 e. The molecular formula is C25H28N2O. The van der Waals surface area contributed by atoms with Gasteiger partial charge in [-0.2, -0.15) is 0 Å². The number of H-pyrrole nitrogens is 1. The lowest BCUT2D eigenvalue weighted by Gasteiger charge is -2.27. The number of benzene rings is 2. The van der Waals surface area contributed by atoms with Gasteiger partial charge < -0.3 is 15.0 Å². The van der Waals surface area contributed by atoms with Crippen LogP contribution in [0.15, 0.2) is 54.6 Å². The van der Waals surface area contributed by atoms with Gasteiger partial charge in [0.15, 0.2) is 0 Å². The molecule has 0 saturated heterocycles. The third kappa shape index (κ3) is 3.30. The van der Waals surface area contributed by atoms with Crippen LogP contribution < -0.4 is 5.32 Å². The highest BCUT2D eigenvalue weighted by molar-refractivity contribution is 5.88. The molecule has 0 spiro atoms. The van der Waals surface area contributed by atoms with Gasteiger partial charge in [0.25, 0.3) is 0 Å². The predicted molar refractivity (Wildman–Crippen MR) is 115 cm³/mol. The van der Waals surface area contributed by atoms with E-state index in [2.05, 4.69) is 71.8 Å². The van der Waals surface area contributed by atoms with Crippen molar-refractivity contribution in [1.29, 1.82) is 0 Å². The Hall–Kier alpha value is -2.36. The molecule has 1 aromatic heterocycles. The summed E-state index contributed by atoms with van der Waals surface area (Å²) >= 11 is 0. The first-order chi connectivity index (χ1) is 13.8. The number of aromatic nitrogens is 1. The number of nitrogens with one attached hydrogen (secondary N) is 2. The van der Waals surface area contributed by atoms with E-state index in [-0.39, 0.29) is 0 Å². The lowest BCUT2D eigenvalue weighted by Crippen LogP contribution is -2.27. The van der Waals surface area contributed by atoms with Crippen LogP contribution in [0.3, 0.4) is 0 Å². The molecule has 3 aromatic rings. The van der Waals surface area contributed by atoms with E-state index in [0.29, 0.717) is 12.1 Å². The van der Waals surface area contributed by atoms with Crippen molar-refractivity contribution in [3.05, 3.63) is 77.0 Å². The van der Waals surface area contributed by atoms with Gasteiger partial charge >= 0.3 is 0 Å². The number of fused-ring (bicyclic) bond motifs is 3. The van der Waals surface area contributed by atoms with Gasteiger partial charge in [0, 0.05) is 28.7 Å². The third-order valence-electron chi connectivity index (χ3n) is 6.29. The van der Waals surface area contributed by atoms with E-state index >= 15 is 0 Å². The summed E-state index contributed by atoms with van der Waals surface area (Å²) in [6, 6.07) is 18.4. The van der Waals surface area contributed by atoms with E-state index in [1.165, 1.54) is 58.1 Å². The molecule has 0 bridgehead atoms. The molecule has 2 N–H and O–H groups in total. The lowest BCUT2D eigenvalue weighted by atomic mass is 9.90. The van der Waals surface area contributed by atoms with Crippen LogP contribution in [0.4, 0.5) is 0 Å². The smallest absolute Gasteiger partial charge is 0.0653 e.